The molecule has 31 heavy (non-hydrogen) atoms. The Balaban J connectivity index is 0.000000150. The maximum Gasteiger partial charge on any atom is 0.273 e. The van der Waals surface area contributed by atoms with Crippen molar-refractivity contribution in [3.05, 3.63) is 73.8 Å². The fraction of sp³-hybridized carbons (Fsp3) is 0.364. The Kier molecular flexibility index (Phi) is 4.73. The number of fused-ring (bicyclic) bond motifs is 4. The molecule has 2 atom stereocenters. The van der Waals surface area contributed by atoms with Gasteiger partial charge in [0.1, 0.15) is 34.9 Å². The summed E-state index contributed by atoms with van der Waals surface area (Å²) < 4.78 is 16.9. The number of epoxide rings is 1. The average Bonchev–Trinajstić information content (AvgIpc) is 3.48. The molecule has 0 N–H and O–H groups in total. The van der Waals surface area contributed by atoms with Crippen LogP contribution in [0.2, 0.25) is 0 Å². The van der Waals surface area contributed by atoms with Gasteiger partial charge in [-0.3, -0.25) is 20.2 Å². The zero-order valence-electron chi connectivity index (χ0n) is 17.5. The summed E-state index contributed by atoms with van der Waals surface area (Å²) in [4.78, 5) is 20.4. The van der Waals surface area contributed by atoms with Crippen molar-refractivity contribution in [2.24, 2.45) is 0 Å². The van der Waals surface area contributed by atoms with Crippen LogP contribution in [0.4, 0.5) is 11.4 Å². The molecule has 3 aliphatic rings. The first kappa shape index (κ1) is 20.8. The Morgan fingerprint density at radius 1 is 0.871 bits per heavy atom. The summed E-state index contributed by atoms with van der Waals surface area (Å²) in [6, 6.07) is 9.30. The van der Waals surface area contributed by atoms with Crippen LogP contribution in [-0.2, 0) is 4.74 Å². The Bertz CT molecular complexity index is 1110. The van der Waals surface area contributed by atoms with Crippen molar-refractivity contribution in [1.29, 1.82) is 0 Å². The number of hydrogen-bond donors (Lipinski definition) is 0. The molecule has 0 bridgehead atoms. The zero-order chi connectivity index (χ0) is 22.6. The SMILES string of the molecule is CC1(C)C=Cc2ccc([N+](=O)[O-])cc2O1.CC1(C)Oc2cc([N+](=O)[O-])ccc2[C@H]2O[C@H]21. The molecule has 9 heteroatoms. The van der Waals surface area contributed by atoms with Crippen LogP contribution in [0.25, 0.3) is 6.08 Å². The molecule has 9 nitrogen and oxygen atoms in total. The summed E-state index contributed by atoms with van der Waals surface area (Å²) in [5, 5.41) is 21.2. The first-order chi connectivity index (χ1) is 14.5. The molecule has 0 unspecified atom stereocenters. The molecule has 0 saturated carbocycles. The molecule has 1 fully saturated rings. The summed E-state index contributed by atoms with van der Waals surface area (Å²) in [5.41, 5.74) is 1.08. The van der Waals surface area contributed by atoms with Crippen molar-refractivity contribution < 1.29 is 24.1 Å². The number of nitro groups is 2. The Morgan fingerprint density at radius 2 is 1.48 bits per heavy atom. The van der Waals surface area contributed by atoms with Gasteiger partial charge in [-0.05, 0) is 45.9 Å². The van der Waals surface area contributed by atoms with Crippen molar-refractivity contribution in [1.82, 2.24) is 0 Å². The molecule has 162 valence electrons. The zero-order valence-corrected chi connectivity index (χ0v) is 17.5. The smallest absolute Gasteiger partial charge is 0.273 e. The minimum absolute atomic E-state index is 0.0413. The Hall–Kier alpha value is -3.46. The van der Waals surface area contributed by atoms with E-state index in [4.69, 9.17) is 14.2 Å². The Morgan fingerprint density at radius 3 is 2.13 bits per heavy atom. The van der Waals surface area contributed by atoms with Crippen molar-refractivity contribution in [2.45, 2.75) is 51.1 Å². The number of hydrogen-bond acceptors (Lipinski definition) is 7. The van der Waals surface area contributed by atoms with Gasteiger partial charge in [-0.25, -0.2) is 0 Å². The largest absolute Gasteiger partial charge is 0.484 e. The minimum atomic E-state index is -0.422. The number of nitro benzene ring substituents is 2. The predicted molar refractivity (Wildman–Crippen MR) is 112 cm³/mol. The van der Waals surface area contributed by atoms with E-state index in [-0.39, 0.29) is 23.6 Å². The average molecular weight is 426 g/mol. The lowest BCUT2D eigenvalue weighted by Gasteiger charge is -2.29. The van der Waals surface area contributed by atoms with Crippen molar-refractivity contribution in [3.63, 3.8) is 0 Å². The van der Waals surface area contributed by atoms with Gasteiger partial charge in [-0.1, -0.05) is 6.08 Å². The fourth-order valence-electron chi connectivity index (χ4n) is 3.65. The highest BCUT2D eigenvalue weighted by atomic mass is 16.6. The number of ether oxygens (including phenoxy) is 3. The number of nitrogens with zero attached hydrogens (tertiary/aromatic N) is 2. The van der Waals surface area contributed by atoms with Crippen LogP contribution in [0.1, 0.15) is 44.9 Å². The van der Waals surface area contributed by atoms with Gasteiger partial charge < -0.3 is 14.2 Å². The van der Waals surface area contributed by atoms with E-state index in [0.717, 1.165) is 11.1 Å². The molecular weight excluding hydrogens is 404 g/mol. The molecular formula is C22H22N2O7. The molecule has 3 aliphatic heterocycles. The van der Waals surface area contributed by atoms with Crippen molar-refractivity contribution in [2.75, 3.05) is 0 Å². The van der Waals surface area contributed by atoms with Crippen LogP contribution >= 0.6 is 0 Å². The third kappa shape index (κ3) is 4.09. The van der Waals surface area contributed by atoms with Gasteiger partial charge in [-0.2, -0.15) is 0 Å². The lowest BCUT2D eigenvalue weighted by molar-refractivity contribution is -0.385. The summed E-state index contributed by atoms with van der Waals surface area (Å²) >= 11 is 0. The second-order valence-corrected chi connectivity index (χ2v) is 8.68. The van der Waals surface area contributed by atoms with Crippen molar-refractivity contribution in [3.8, 4) is 11.5 Å². The van der Waals surface area contributed by atoms with Gasteiger partial charge in [0.15, 0.2) is 0 Å². The third-order valence-corrected chi connectivity index (χ3v) is 5.31. The Labute approximate surface area is 178 Å². The maximum absolute atomic E-state index is 10.7. The molecule has 0 spiro atoms. The summed E-state index contributed by atoms with van der Waals surface area (Å²) in [6.45, 7) is 7.68. The van der Waals surface area contributed by atoms with Crippen LogP contribution in [0.15, 0.2) is 42.5 Å². The molecule has 1 saturated heterocycles. The number of benzene rings is 2. The van der Waals surface area contributed by atoms with E-state index in [2.05, 4.69) is 0 Å². The van der Waals surface area contributed by atoms with E-state index in [9.17, 15) is 20.2 Å². The van der Waals surface area contributed by atoms with Gasteiger partial charge in [0.05, 0.1) is 22.0 Å². The maximum atomic E-state index is 10.7. The number of non-ortho nitro benzene ring substituents is 2. The minimum Gasteiger partial charge on any atom is -0.484 e. The second kappa shape index (κ2) is 7.05. The topological polar surface area (TPSA) is 117 Å². The first-order valence-corrected chi connectivity index (χ1v) is 9.76. The van der Waals surface area contributed by atoms with E-state index in [1.54, 1.807) is 12.1 Å². The molecule has 2 aromatic carbocycles. The molecule has 0 amide bonds. The predicted octanol–water partition coefficient (Wildman–Crippen LogP) is 4.98. The van der Waals surface area contributed by atoms with E-state index in [1.165, 1.54) is 24.3 Å². The van der Waals surface area contributed by atoms with Gasteiger partial charge in [0.2, 0.25) is 0 Å². The lowest BCUT2D eigenvalue weighted by atomic mass is 9.94. The highest BCUT2D eigenvalue weighted by Crippen LogP contribution is 2.54. The van der Waals surface area contributed by atoms with E-state index in [1.807, 2.05) is 39.8 Å². The van der Waals surface area contributed by atoms with Gasteiger partial charge in [0.25, 0.3) is 11.4 Å². The van der Waals surface area contributed by atoms with Crippen LogP contribution < -0.4 is 9.47 Å². The normalized spacial score (nSPS) is 22.8. The van der Waals surface area contributed by atoms with Crippen LogP contribution in [0, 0.1) is 20.2 Å². The lowest BCUT2D eigenvalue weighted by Crippen LogP contribution is -2.37. The van der Waals surface area contributed by atoms with E-state index < -0.39 is 21.0 Å². The van der Waals surface area contributed by atoms with Crippen LogP contribution in [-0.4, -0.2) is 27.2 Å². The summed E-state index contributed by atoms with van der Waals surface area (Å²) in [5.74, 6) is 1.13. The molecule has 3 heterocycles. The van der Waals surface area contributed by atoms with Gasteiger partial charge in [-0.15, -0.1) is 0 Å². The fourth-order valence-corrected chi connectivity index (χ4v) is 3.65. The standard InChI is InChI=1S/C11H11NO4.C11H11NO3/c1-11(2)10-9(15-10)7-4-3-6(12(13)14)5-8(7)16-11;1-11(2)6-5-8-3-4-9(12(13)14)7-10(8)15-11/h3-5,9-10H,1-2H3;3-7H,1-2H3/t9-,10-;/m1./s1. The molecule has 0 radical (unpaired) electrons. The first-order valence-electron chi connectivity index (χ1n) is 9.76. The third-order valence-electron chi connectivity index (χ3n) is 5.31. The van der Waals surface area contributed by atoms with Crippen LogP contribution in [0.5, 0.6) is 11.5 Å². The molecule has 0 aromatic heterocycles. The van der Waals surface area contributed by atoms with Crippen molar-refractivity contribution >= 4 is 17.5 Å². The number of rotatable bonds is 2. The summed E-state index contributed by atoms with van der Waals surface area (Å²) in [7, 11) is 0. The highest BCUT2D eigenvalue weighted by molar-refractivity contribution is 5.63. The van der Waals surface area contributed by atoms with Gasteiger partial charge >= 0.3 is 0 Å². The molecule has 5 rings (SSSR count). The second-order valence-electron chi connectivity index (χ2n) is 8.68. The monoisotopic (exact) mass is 426 g/mol. The van der Waals surface area contributed by atoms with Gasteiger partial charge in [0, 0.05) is 23.3 Å². The quantitative estimate of drug-likeness (QED) is 0.377. The van der Waals surface area contributed by atoms with E-state index in [0.29, 0.717) is 11.5 Å². The van der Waals surface area contributed by atoms with Crippen LogP contribution in [0.3, 0.4) is 0 Å². The summed E-state index contributed by atoms with van der Waals surface area (Å²) in [6.07, 6.45) is 3.96. The highest BCUT2D eigenvalue weighted by Gasteiger charge is 2.56. The molecule has 2 aromatic rings. The van der Waals surface area contributed by atoms with E-state index >= 15 is 0 Å². The molecule has 0 aliphatic carbocycles.